The lowest BCUT2D eigenvalue weighted by atomic mass is 10.1. The van der Waals surface area contributed by atoms with Gasteiger partial charge >= 0.3 is 0 Å². The summed E-state index contributed by atoms with van der Waals surface area (Å²) < 4.78 is 10.3. The van der Waals surface area contributed by atoms with Crippen LogP contribution in [0.5, 0.6) is 0 Å². The zero-order valence-corrected chi connectivity index (χ0v) is 11.0. The summed E-state index contributed by atoms with van der Waals surface area (Å²) in [6.45, 7) is 1.67. The highest BCUT2D eigenvalue weighted by Crippen LogP contribution is 2.20. The lowest BCUT2D eigenvalue weighted by molar-refractivity contribution is 0.0365. The van der Waals surface area contributed by atoms with Gasteiger partial charge in [0.15, 0.2) is 0 Å². The fourth-order valence-corrected chi connectivity index (χ4v) is 1.68. The number of hydrogen-bond donors (Lipinski definition) is 2. The number of methoxy groups -OCH3 is 2. The van der Waals surface area contributed by atoms with Crippen LogP contribution in [0.25, 0.3) is 0 Å². The number of nitrogens with two attached hydrogens (primary N) is 1. The van der Waals surface area contributed by atoms with Crippen molar-refractivity contribution in [1.82, 2.24) is 0 Å². The van der Waals surface area contributed by atoms with Crippen molar-refractivity contribution >= 4 is 17.3 Å². The Labute approximate surface area is 107 Å². The number of hydrogen-bond acceptors (Lipinski definition) is 4. The fourth-order valence-electron chi connectivity index (χ4n) is 1.51. The standard InChI is InChI=1S/C12H19ClN2O2/c1-16-8-11(17-2)7-15-12-5-10(13)4-3-9(12)6-14/h3-5,11,15H,6-8,14H2,1-2H3. The first-order valence-electron chi connectivity index (χ1n) is 5.45. The van der Waals surface area contributed by atoms with E-state index in [0.717, 1.165) is 11.3 Å². The zero-order chi connectivity index (χ0) is 12.7. The number of ether oxygens (including phenoxy) is 2. The average molecular weight is 259 g/mol. The van der Waals surface area contributed by atoms with Crippen LogP contribution in [-0.4, -0.2) is 33.5 Å². The summed E-state index contributed by atoms with van der Waals surface area (Å²) in [5.41, 5.74) is 7.63. The van der Waals surface area contributed by atoms with Crippen LogP contribution < -0.4 is 11.1 Å². The molecule has 1 aromatic carbocycles. The molecule has 4 nitrogen and oxygen atoms in total. The number of rotatable bonds is 7. The molecule has 96 valence electrons. The number of nitrogens with one attached hydrogen (secondary N) is 1. The van der Waals surface area contributed by atoms with E-state index in [9.17, 15) is 0 Å². The Balaban J connectivity index is 2.63. The molecule has 0 amide bonds. The van der Waals surface area contributed by atoms with E-state index in [1.54, 1.807) is 14.2 Å². The maximum Gasteiger partial charge on any atom is 0.0976 e. The van der Waals surface area contributed by atoms with E-state index in [0.29, 0.717) is 24.7 Å². The Bertz CT molecular complexity index is 347. The molecule has 1 atom stereocenters. The summed E-state index contributed by atoms with van der Waals surface area (Å²) in [6.07, 6.45) is 0.00426. The summed E-state index contributed by atoms with van der Waals surface area (Å²) in [5, 5.41) is 3.96. The molecule has 0 fully saturated rings. The first-order chi connectivity index (χ1) is 8.21. The zero-order valence-electron chi connectivity index (χ0n) is 10.2. The van der Waals surface area contributed by atoms with Crippen molar-refractivity contribution in [2.24, 2.45) is 5.73 Å². The predicted octanol–water partition coefficient (Wildman–Crippen LogP) is 1.87. The van der Waals surface area contributed by atoms with Gasteiger partial charge in [-0.25, -0.2) is 0 Å². The van der Waals surface area contributed by atoms with Gasteiger partial charge < -0.3 is 20.5 Å². The molecule has 0 saturated heterocycles. The Morgan fingerprint density at radius 3 is 2.76 bits per heavy atom. The third kappa shape index (κ3) is 4.52. The van der Waals surface area contributed by atoms with E-state index in [4.69, 9.17) is 26.8 Å². The summed E-state index contributed by atoms with van der Waals surface area (Å²) in [7, 11) is 3.31. The van der Waals surface area contributed by atoms with E-state index in [1.165, 1.54) is 0 Å². The Morgan fingerprint density at radius 2 is 2.18 bits per heavy atom. The monoisotopic (exact) mass is 258 g/mol. The fraction of sp³-hybridized carbons (Fsp3) is 0.500. The molecule has 0 saturated carbocycles. The third-order valence-electron chi connectivity index (χ3n) is 2.50. The molecule has 1 aromatic rings. The average Bonchev–Trinajstić information content (AvgIpc) is 2.34. The minimum Gasteiger partial charge on any atom is -0.382 e. The summed E-state index contributed by atoms with van der Waals surface area (Å²) in [6, 6.07) is 5.62. The highest BCUT2D eigenvalue weighted by molar-refractivity contribution is 6.30. The van der Waals surface area contributed by atoms with Crippen LogP contribution in [0.4, 0.5) is 5.69 Å². The minimum absolute atomic E-state index is 0.00426. The van der Waals surface area contributed by atoms with Crippen LogP contribution in [0.1, 0.15) is 5.56 Å². The highest BCUT2D eigenvalue weighted by atomic mass is 35.5. The van der Waals surface area contributed by atoms with Crippen LogP contribution in [0.3, 0.4) is 0 Å². The van der Waals surface area contributed by atoms with Crippen LogP contribution >= 0.6 is 11.6 Å². The second-order valence-electron chi connectivity index (χ2n) is 3.70. The van der Waals surface area contributed by atoms with Gasteiger partial charge in [-0.3, -0.25) is 0 Å². The van der Waals surface area contributed by atoms with E-state index >= 15 is 0 Å². The molecule has 0 spiro atoms. The lowest BCUT2D eigenvalue weighted by Crippen LogP contribution is -2.27. The first kappa shape index (κ1) is 14.3. The molecule has 5 heteroatoms. The highest BCUT2D eigenvalue weighted by Gasteiger charge is 2.08. The van der Waals surface area contributed by atoms with Crippen molar-refractivity contribution in [3.63, 3.8) is 0 Å². The SMILES string of the molecule is COCC(CNc1cc(Cl)ccc1CN)OC. The first-order valence-corrected chi connectivity index (χ1v) is 5.83. The molecular weight excluding hydrogens is 240 g/mol. The molecule has 0 aliphatic heterocycles. The molecular formula is C12H19ClN2O2. The number of benzene rings is 1. The van der Waals surface area contributed by atoms with Gasteiger partial charge in [0.05, 0.1) is 12.7 Å². The van der Waals surface area contributed by atoms with Gasteiger partial charge in [0.1, 0.15) is 0 Å². The van der Waals surface area contributed by atoms with Gasteiger partial charge in [0.2, 0.25) is 0 Å². The normalized spacial score (nSPS) is 12.5. The van der Waals surface area contributed by atoms with E-state index < -0.39 is 0 Å². The smallest absolute Gasteiger partial charge is 0.0976 e. The number of anilines is 1. The van der Waals surface area contributed by atoms with Crippen molar-refractivity contribution in [3.05, 3.63) is 28.8 Å². The summed E-state index contributed by atoms with van der Waals surface area (Å²) in [5.74, 6) is 0. The van der Waals surface area contributed by atoms with Gasteiger partial charge in [-0.1, -0.05) is 17.7 Å². The molecule has 0 heterocycles. The molecule has 3 N–H and O–H groups in total. The molecule has 0 radical (unpaired) electrons. The summed E-state index contributed by atoms with van der Waals surface area (Å²) >= 11 is 5.95. The van der Waals surface area contributed by atoms with Crippen LogP contribution in [-0.2, 0) is 16.0 Å². The molecule has 1 rings (SSSR count). The Morgan fingerprint density at radius 1 is 1.41 bits per heavy atom. The second-order valence-corrected chi connectivity index (χ2v) is 4.14. The van der Waals surface area contributed by atoms with Gasteiger partial charge in [0.25, 0.3) is 0 Å². The Kier molecular flexibility index (Phi) is 6.29. The third-order valence-corrected chi connectivity index (χ3v) is 2.73. The van der Waals surface area contributed by atoms with Crippen molar-refractivity contribution in [2.45, 2.75) is 12.6 Å². The van der Waals surface area contributed by atoms with Crippen molar-refractivity contribution in [2.75, 3.05) is 32.7 Å². The maximum atomic E-state index is 5.95. The van der Waals surface area contributed by atoms with Crippen molar-refractivity contribution < 1.29 is 9.47 Å². The molecule has 0 aromatic heterocycles. The Hall–Kier alpha value is -0.810. The van der Waals surface area contributed by atoms with Crippen LogP contribution in [0.15, 0.2) is 18.2 Å². The van der Waals surface area contributed by atoms with Gasteiger partial charge in [-0.2, -0.15) is 0 Å². The lowest BCUT2D eigenvalue weighted by Gasteiger charge is -2.17. The molecule has 17 heavy (non-hydrogen) atoms. The number of halogens is 1. The van der Waals surface area contributed by atoms with Crippen LogP contribution in [0, 0.1) is 0 Å². The van der Waals surface area contributed by atoms with Crippen LogP contribution in [0.2, 0.25) is 5.02 Å². The predicted molar refractivity (Wildman–Crippen MR) is 70.5 cm³/mol. The maximum absolute atomic E-state index is 5.95. The minimum atomic E-state index is 0.00426. The van der Waals surface area contributed by atoms with Gasteiger partial charge in [0, 0.05) is 38.0 Å². The molecule has 0 bridgehead atoms. The molecule has 0 aliphatic rings. The van der Waals surface area contributed by atoms with Gasteiger partial charge in [-0.05, 0) is 17.7 Å². The topological polar surface area (TPSA) is 56.5 Å². The van der Waals surface area contributed by atoms with Crippen molar-refractivity contribution in [1.29, 1.82) is 0 Å². The molecule has 0 aliphatic carbocycles. The van der Waals surface area contributed by atoms with E-state index in [-0.39, 0.29) is 6.10 Å². The van der Waals surface area contributed by atoms with E-state index in [1.807, 2.05) is 18.2 Å². The molecule has 1 unspecified atom stereocenters. The largest absolute Gasteiger partial charge is 0.382 e. The van der Waals surface area contributed by atoms with Gasteiger partial charge in [-0.15, -0.1) is 0 Å². The summed E-state index contributed by atoms with van der Waals surface area (Å²) in [4.78, 5) is 0. The van der Waals surface area contributed by atoms with E-state index in [2.05, 4.69) is 5.32 Å². The second kappa shape index (κ2) is 7.50. The quantitative estimate of drug-likeness (QED) is 0.784. The van der Waals surface area contributed by atoms with Crippen molar-refractivity contribution in [3.8, 4) is 0 Å².